The van der Waals surface area contributed by atoms with Gasteiger partial charge >= 0.3 is 0 Å². The van der Waals surface area contributed by atoms with Crippen LogP contribution in [-0.2, 0) is 4.79 Å². The van der Waals surface area contributed by atoms with E-state index in [4.69, 9.17) is 0 Å². The summed E-state index contributed by atoms with van der Waals surface area (Å²) in [5.74, 6) is 1.18. The summed E-state index contributed by atoms with van der Waals surface area (Å²) in [6.07, 6.45) is 9.77. The van der Waals surface area contributed by atoms with Crippen molar-refractivity contribution in [2.75, 3.05) is 5.75 Å². The van der Waals surface area contributed by atoms with E-state index in [0.29, 0.717) is 0 Å². The Labute approximate surface area is 72.2 Å². The van der Waals surface area contributed by atoms with Crippen LogP contribution in [0.3, 0.4) is 0 Å². The number of aldehydes is 1. The average Bonchev–Trinajstić information content (AvgIpc) is 2.50. The molecular formula is C9H14OS. The van der Waals surface area contributed by atoms with Gasteiger partial charge in [0.15, 0.2) is 0 Å². The summed E-state index contributed by atoms with van der Waals surface area (Å²) in [6, 6.07) is 0. The molecule has 1 aliphatic rings. The lowest BCUT2D eigenvalue weighted by atomic mass is 10.1. The minimum Gasteiger partial charge on any atom is -0.303 e. The van der Waals surface area contributed by atoms with Gasteiger partial charge in [0.05, 0.1) is 0 Å². The van der Waals surface area contributed by atoms with Crippen molar-refractivity contribution in [3.05, 3.63) is 12.2 Å². The molecule has 11 heavy (non-hydrogen) atoms. The first kappa shape index (κ1) is 8.85. The quantitative estimate of drug-likeness (QED) is 0.358. The maximum absolute atomic E-state index is 9.98. The van der Waals surface area contributed by atoms with Crippen LogP contribution in [0.2, 0.25) is 0 Å². The van der Waals surface area contributed by atoms with Crippen molar-refractivity contribution < 1.29 is 4.79 Å². The van der Waals surface area contributed by atoms with Crippen LogP contribution >= 0.6 is 11.8 Å². The van der Waals surface area contributed by atoms with Gasteiger partial charge in [0.1, 0.15) is 6.29 Å². The first-order valence-electron chi connectivity index (χ1n) is 4.15. The topological polar surface area (TPSA) is 17.1 Å². The zero-order valence-corrected chi connectivity index (χ0v) is 7.48. The molecule has 0 amide bonds. The Balaban J connectivity index is 1.94. The van der Waals surface area contributed by atoms with Crippen LogP contribution in [0.5, 0.6) is 0 Å². The molecule has 1 heterocycles. The van der Waals surface area contributed by atoms with E-state index in [2.05, 4.69) is 12.2 Å². The number of rotatable bonds is 5. The van der Waals surface area contributed by atoms with E-state index >= 15 is 0 Å². The number of carbonyl (C=O) groups excluding carboxylic acids is 1. The minimum atomic E-state index is 0.737. The lowest BCUT2D eigenvalue weighted by Crippen LogP contribution is -1.93. The van der Waals surface area contributed by atoms with E-state index in [1.165, 1.54) is 18.6 Å². The van der Waals surface area contributed by atoms with Crippen LogP contribution in [0.1, 0.15) is 25.7 Å². The molecule has 0 radical (unpaired) electrons. The highest BCUT2D eigenvalue weighted by Gasteiger charge is 2.07. The van der Waals surface area contributed by atoms with Crippen molar-refractivity contribution >= 4 is 18.0 Å². The second-order valence-electron chi connectivity index (χ2n) is 2.75. The molecule has 0 aromatic rings. The van der Waals surface area contributed by atoms with Crippen LogP contribution in [0.25, 0.3) is 0 Å². The van der Waals surface area contributed by atoms with E-state index in [0.717, 1.165) is 24.4 Å². The Morgan fingerprint density at radius 2 is 2.45 bits per heavy atom. The Kier molecular flexibility index (Phi) is 4.36. The van der Waals surface area contributed by atoms with Crippen molar-refractivity contribution in [1.29, 1.82) is 0 Å². The third-order valence-electron chi connectivity index (χ3n) is 1.82. The molecule has 0 N–H and O–H groups in total. The van der Waals surface area contributed by atoms with Crippen LogP contribution in [0.15, 0.2) is 12.2 Å². The minimum absolute atomic E-state index is 0.737. The smallest absolute Gasteiger partial charge is 0.119 e. The van der Waals surface area contributed by atoms with E-state index in [-0.39, 0.29) is 0 Å². The van der Waals surface area contributed by atoms with Gasteiger partial charge in [-0.2, -0.15) is 11.8 Å². The summed E-state index contributed by atoms with van der Waals surface area (Å²) in [6.45, 7) is 0. The third-order valence-corrected chi connectivity index (χ3v) is 3.02. The van der Waals surface area contributed by atoms with Gasteiger partial charge in [-0.05, 0) is 12.8 Å². The molecule has 0 spiro atoms. The molecule has 0 aliphatic carbocycles. The predicted octanol–water partition coefficient (Wildman–Crippen LogP) is 2.42. The lowest BCUT2D eigenvalue weighted by molar-refractivity contribution is -0.107. The molecule has 0 bridgehead atoms. The monoisotopic (exact) mass is 170 g/mol. The highest BCUT2D eigenvalue weighted by atomic mass is 32.2. The van der Waals surface area contributed by atoms with Gasteiger partial charge in [-0.25, -0.2) is 0 Å². The molecule has 0 saturated heterocycles. The van der Waals surface area contributed by atoms with Gasteiger partial charge in [0, 0.05) is 17.4 Å². The number of thioether (sulfide) groups is 1. The molecule has 1 rings (SSSR count). The predicted molar refractivity (Wildman–Crippen MR) is 49.9 cm³/mol. The van der Waals surface area contributed by atoms with E-state index in [1.54, 1.807) is 0 Å². The van der Waals surface area contributed by atoms with E-state index in [9.17, 15) is 4.79 Å². The Morgan fingerprint density at radius 3 is 3.09 bits per heavy atom. The third kappa shape index (κ3) is 3.61. The van der Waals surface area contributed by atoms with Crippen molar-refractivity contribution in [3.63, 3.8) is 0 Å². The Hall–Kier alpha value is -0.240. The molecule has 1 aliphatic heterocycles. The number of hydrogen-bond donors (Lipinski definition) is 0. The summed E-state index contributed by atoms with van der Waals surface area (Å²) in [5, 5.41) is 0.738. The molecule has 1 nitrogen and oxygen atoms in total. The fraction of sp³-hybridized carbons (Fsp3) is 0.667. The van der Waals surface area contributed by atoms with Crippen molar-refractivity contribution in [3.8, 4) is 0 Å². The second-order valence-corrected chi connectivity index (χ2v) is 4.02. The van der Waals surface area contributed by atoms with Crippen molar-refractivity contribution in [2.24, 2.45) is 0 Å². The second kappa shape index (κ2) is 5.42. The van der Waals surface area contributed by atoms with E-state index in [1.807, 2.05) is 11.8 Å². The zero-order valence-electron chi connectivity index (χ0n) is 6.66. The van der Waals surface area contributed by atoms with Crippen LogP contribution in [0, 0.1) is 0 Å². The van der Waals surface area contributed by atoms with Crippen LogP contribution in [0.4, 0.5) is 0 Å². The first-order chi connectivity index (χ1) is 5.43. The van der Waals surface area contributed by atoms with Crippen molar-refractivity contribution in [1.82, 2.24) is 0 Å². The fourth-order valence-corrected chi connectivity index (χ4v) is 2.22. The van der Waals surface area contributed by atoms with Gasteiger partial charge < -0.3 is 4.79 Å². The molecule has 0 fully saturated rings. The average molecular weight is 170 g/mol. The highest BCUT2D eigenvalue weighted by Crippen LogP contribution is 2.24. The largest absolute Gasteiger partial charge is 0.303 e. The molecule has 0 aromatic heterocycles. The summed E-state index contributed by atoms with van der Waals surface area (Å²) in [7, 11) is 0. The SMILES string of the molecule is O=CCCCCC1C=CCS1. The summed E-state index contributed by atoms with van der Waals surface area (Å²) >= 11 is 2.00. The Morgan fingerprint density at radius 1 is 1.55 bits per heavy atom. The van der Waals surface area contributed by atoms with Gasteiger partial charge in [0.25, 0.3) is 0 Å². The van der Waals surface area contributed by atoms with Crippen LogP contribution < -0.4 is 0 Å². The highest BCUT2D eigenvalue weighted by molar-refractivity contribution is 8.00. The molecule has 1 atom stereocenters. The van der Waals surface area contributed by atoms with Crippen LogP contribution in [-0.4, -0.2) is 17.3 Å². The first-order valence-corrected chi connectivity index (χ1v) is 5.20. The molecule has 0 saturated carbocycles. The van der Waals surface area contributed by atoms with Gasteiger partial charge in [0.2, 0.25) is 0 Å². The number of unbranched alkanes of at least 4 members (excludes halogenated alkanes) is 2. The molecule has 62 valence electrons. The number of hydrogen-bond acceptors (Lipinski definition) is 2. The van der Waals surface area contributed by atoms with Crippen molar-refractivity contribution in [2.45, 2.75) is 30.9 Å². The van der Waals surface area contributed by atoms with Gasteiger partial charge in [-0.3, -0.25) is 0 Å². The lowest BCUT2D eigenvalue weighted by Gasteiger charge is -2.04. The normalized spacial score (nSPS) is 22.4. The van der Waals surface area contributed by atoms with E-state index < -0.39 is 0 Å². The van der Waals surface area contributed by atoms with Gasteiger partial charge in [-0.15, -0.1) is 0 Å². The molecular weight excluding hydrogens is 156 g/mol. The maximum atomic E-state index is 9.98. The standard InChI is InChI=1S/C9H14OS/c10-7-3-1-2-5-9-6-4-8-11-9/h4,6-7,9H,1-3,5,8H2. The zero-order chi connectivity index (χ0) is 7.94. The maximum Gasteiger partial charge on any atom is 0.119 e. The number of carbonyl (C=O) groups is 1. The Bertz CT molecular complexity index is 142. The summed E-state index contributed by atoms with van der Waals surface area (Å²) < 4.78 is 0. The molecule has 0 aromatic carbocycles. The summed E-state index contributed by atoms with van der Waals surface area (Å²) in [4.78, 5) is 9.98. The molecule has 2 heteroatoms. The fourth-order valence-electron chi connectivity index (χ4n) is 1.19. The van der Waals surface area contributed by atoms with Gasteiger partial charge in [-0.1, -0.05) is 18.6 Å². The summed E-state index contributed by atoms with van der Waals surface area (Å²) in [5.41, 5.74) is 0. The molecule has 1 unspecified atom stereocenters.